The Labute approximate surface area is 115 Å². The highest BCUT2D eigenvalue weighted by molar-refractivity contribution is 5.93. The Balaban J connectivity index is 3.10. The van der Waals surface area contributed by atoms with Crippen LogP contribution < -0.4 is 5.43 Å². The van der Waals surface area contributed by atoms with Crippen molar-refractivity contribution in [2.45, 2.75) is 13.0 Å². The van der Waals surface area contributed by atoms with Crippen LogP contribution >= 0.6 is 0 Å². The van der Waals surface area contributed by atoms with Crippen LogP contribution in [0.2, 0.25) is 0 Å². The molecule has 0 radical (unpaired) electrons. The van der Waals surface area contributed by atoms with E-state index in [1.165, 1.54) is 6.92 Å². The third kappa shape index (κ3) is 2.18. The van der Waals surface area contributed by atoms with Gasteiger partial charge in [-0.2, -0.15) is 0 Å². The lowest BCUT2D eigenvalue weighted by atomic mass is 10.1. The van der Waals surface area contributed by atoms with E-state index >= 15 is 0 Å². The van der Waals surface area contributed by atoms with Crippen molar-refractivity contribution in [2.24, 2.45) is 0 Å². The summed E-state index contributed by atoms with van der Waals surface area (Å²) in [6.07, 6.45) is 1.07. The van der Waals surface area contributed by atoms with Gasteiger partial charge in [0, 0.05) is 6.20 Å². The third-order valence-corrected chi connectivity index (χ3v) is 3.02. The van der Waals surface area contributed by atoms with Crippen LogP contribution in [0.4, 0.5) is 13.2 Å². The number of halogens is 3. The number of nitrogens with zero attached hydrogens (tertiary/aromatic N) is 1. The zero-order valence-corrected chi connectivity index (χ0v) is 10.6. The van der Waals surface area contributed by atoms with Crippen molar-refractivity contribution in [3.05, 3.63) is 45.5 Å². The zero-order chi connectivity index (χ0) is 15.9. The molecule has 0 saturated heterocycles. The van der Waals surface area contributed by atoms with Gasteiger partial charge in [-0.15, -0.1) is 0 Å². The number of rotatable bonds is 3. The number of carbonyl (C=O) groups excluding carboxylic acids is 1. The molecule has 8 heteroatoms. The van der Waals surface area contributed by atoms with Crippen LogP contribution in [-0.4, -0.2) is 21.9 Å². The van der Waals surface area contributed by atoms with Crippen LogP contribution in [0.25, 0.3) is 10.9 Å². The van der Waals surface area contributed by atoms with E-state index in [1.54, 1.807) is 0 Å². The van der Waals surface area contributed by atoms with Crippen molar-refractivity contribution in [3.8, 4) is 0 Å². The lowest BCUT2D eigenvalue weighted by Crippen LogP contribution is -2.22. The lowest BCUT2D eigenvalue weighted by Gasteiger charge is -2.15. The Morgan fingerprint density at radius 1 is 1.33 bits per heavy atom. The summed E-state index contributed by atoms with van der Waals surface area (Å²) >= 11 is 0. The molecule has 1 N–H and O–H groups in total. The summed E-state index contributed by atoms with van der Waals surface area (Å²) in [5.41, 5.74) is -2.60. The van der Waals surface area contributed by atoms with Gasteiger partial charge in [0.15, 0.2) is 17.5 Å². The molecule has 2 aromatic rings. The summed E-state index contributed by atoms with van der Waals surface area (Å²) in [6, 6.07) is -0.665. The van der Waals surface area contributed by atoms with Crippen molar-refractivity contribution in [1.82, 2.24) is 4.57 Å². The van der Waals surface area contributed by atoms with Crippen molar-refractivity contribution in [2.75, 3.05) is 0 Å². The topological polar surface area (TPSA) is 76.4 Å². The summed E-state index contributed by atoms with van der Waals surface area (Å²) in [5, 5.41) is 8.28. The molecule has 0 bridgehead atoms. The zero-order valence-electron chi connectivity index (χ0n) is 10.6. The number of benzene rings is 1. The average Bonchev–Trinajstić information content (AvgIpc) is 2.44. The summed E-state index contributed by atoms with van der Waals surface area (Å²) in [7, 11) is 0. The second-order valence-corrected chi connectivity index (χ2v) is 4.34. The highest BCUT2D eigenvalue weighted by Gasteiger charge is 2.23. The van der Waals surface area contributed by atoms with Gasteiger partial charge in [-0.1, -0.05) is 0 Å². The van der Waals surface area contributed by atoms with Gasteiger partial charge in [0.2, 0.25) is 5.43 Å². The van der Waals surface area contributed by atoms with E-state index in [1.807, 2.05) is 0 Å². The number of fused-ring (bicyclic) bond motifs is 1. The Kier molecular flexibility index (Phi) is 3.54. The van der Waals surface area contributed by atoms with E-state index < -0.39 is 51.4 Å². The van der Waals surface area contributed by atoms with Crippen molar-refractivity contribution in [1.29, 1.82) is 0 Å². The average molecular weight is 299 g/mol. The molecule has 2 rings (SSSR count). The Morgan fingerprint density at radius 3 is 2.48 bits per heavy atom. The Hall–Kier alpha value is -2.64. The van der Waals surface area contributed by atoms with Crippen molar-refractivity contribution >= 4 is 23.2 Å². The fourth-order valence-corrected chi connectivity index (χ4v) is 1.96. The number of carboxylic acids is 1. The van der Waals surface area contributed by atoms with Crippen LogP contribution in [0.5, 0.6) is 0 Å². The molecule has 1 aromatic heterocycles. The lowest BCUT2D eigenvalue weighted by molar-refractivity contribution is -0.110. The van der Waals surface area contributed by atoms with E-state index in [9.17, 15) is 27.6 Å². The number of aromatic nitrogens is 1. The summed E-state index contributed by atoms with van der Waals surface area (Å²) in [6.45, 7) is 1.28. The molecular weight excluding hydrogens is 291 g/mol. The minimum atomic E-state index is -1.81. The van der Waals surface area contributed by atoms with E-state index in [2.05, 4.69) is 0 Å². The SMILES string of the molecule is CC(C=O)n1cc(C(=O)O)c(=O)c2cc(F)c(F)c(F)c21. The molecular formula is C13H8F3NO4. The number of aromatic carboxylic acids is 1. The molecule has 0 aliphatic carbocycles. The Bertz CT molecular complexity index is 829. The maximum absolute atomic E-state index is 13.9. The van der Waals surface area contributed by atoms with Crippen LogP contribution in [0.3, 0.4) is 0 Å². The second-order valence-electron chi connectivity index (χ2n) is 4.34. The largest absolute Gasteiger partial charge is 0.477 e. The number of hydrogen-bond donors (Lipinski definition) is 1. The minimum Gasteiger partial charge on any atom is -0.477 e. The highest BCUT2D eigenvalue weighted by Crippen LogP contribution is 2.23. The molecule has 1 atom stereocenters. The van der Waals surface area contributed by atoms with Gasteiger partial charge in [0.1, 0.15) is 11.8 Å². The van der Waals surface area contributed by atoms with E-state index in [4.69, 9.17) is 5.11 Å². The molecule has 0 aliphatic heterocycles. The summed E-state index contributed by atoms with van der Waals surface area (Å²) in [4.78, 5) is 33.8. The smallest absolute Gasteiger partial charge is 0.341 e. The minimum absolute atomic E-state index is 0.344. The molecule has 0 saturated carbocycles. The first-order chi connectivity index (χ1) is 9.79. The molecule has 0 fully saturated rings. The number of aldehydes is 1. The molecule has 1 aromatic carbocycles. The quantitative estimate of drug-likeness (QED) is 0.693. The fourth-order valence-electron chi connectivity index (χ4n) is 1.96. The molecule has 5 nitrogen and oxygen atoms in total. The molecule has 0 spiro atoms. The van der Waals surface area contributed by atoms with Crippen LogP contribution in [-0.2, 0) is 4.79 Å². The molecule has 0 aliphatic rings. The predicted octanol–water partition coefficient (Wildman–Crippen LogP) is 1.88. The molecule has 110 valence electrons. The Morgan fingerprint density at radius 2 is 1.95 bits per heavy atom. The van der Waals surface area contributed by atoms with Crippen LogP contribution in [0.15, 0.2) is 17.1 Å². The normalized spacial score (nSPS) is 12.4. The maximum atomic E-state index is 13.9. The molecule has 1 unspecified atom stereocenters. The molecule has 21 heavy (non-hydrogen) atoms. The predicted molar refractivity (Wildman–Crippen MR) is 65.8 cm³/mol. The van der Waals surface area contributed by atoms with Crippen molar-refractivity contribution in [3.63, 3.8) is 0 Å². The van der Waals surface area contributed by atoms with E-state index in [-0.39, 0.29) is 0 Å². The molecule has 1 heterocycles. The van der Waals surface area contributed by atoms with Gasteiger partial charge in [0.25, 0.3) is 0 Å². The standard InChI is InChI=1S/C13H8F3NO4/c1-5(4-18)17-3-7(13(20)21)12(19)6-2-8(14)9(15)10(16)11(6)17/h2-5H,1H3,(H,20,21). The van der Waals surface area contributed by atoms with Gasteiger partial charge in [-0.3, -0.25) is 4.79 Å². The van der Waals surface area contributed by atoms with Gasteiger partial charge in [-0.05, 0) is 13.0 Å². The van der Waals surface area contributed by atoms with Gasteiger partial charge < -0.3 is 14.5 Å². The first-order valence-corrected chi connectivity index (χ1v) is 5.70. The second kappa shape index (κ2) is 5.04. The van der Waals surface area contributed by atoms with Gasteiger partial charge in [-0.25, -0.2) is 18.0 Å². The number of carboxylic acid groups (broad SMARTS) is 1. The highest BCUT2D eigenvalue weighted by atomic mass is 19.2. The van der Waals surface area contributed by atoms with Gasteiger partial charge in [0.05, 0.1) is 16.9 Å². The number of carbonyl (C=O) groups is 2. The maximum Gasteiger partial charge on any atom is 0.341 e. The first-order valence-electron chi connectivity index (χ1n) is 5.70. The van der Waals surface area contributed by atoms with Gasteiger partial charge >= 0.3 is 5.97 Å². The molecule has 0 amide bonds. The fraction of sp³-hybridized carbons (Fsp3) is 0.154. The van der Waals surface area contributed by atoms with Crippen LogP contribution in [0.1, 0.15) is 23.3 Å². The van der Waals surface area contributed by atoms with Crippen LogP contribution in [0, 0.1) is 17.5 Å². The van der Waals surface area contributed by atoms with E-state index in [0.717, 1.165) is 10.8 Å². The number of hydrogen-bond acceptors (Lipinski definition) is 3. The third-order valence-electron chi connectivity index (χ3n) is 3.02. The van der Waals surface area contributed by atoms with E-state index in [0.29, 0.717) is 12.4 Å². The summed E-state index contributed by atoms with van der Waals surface area (Å²) < 4.78 is 41.3. The first kappa shape index (κ1) is 14.8. The van der Waals surface area contributed by atoms with Crippen molar-refractivity contribution < 1.29 is 27.9 Å². The summed E-state index contributed by atoms with van der Waals surface area (Å²) in [5.74, 6) is -6.71. The number of pyridine rings is 1. The monoisotopic (exact) mass is 299 g/mol.